The maximum absolute atomic E-state index is 13.4. The van der Waals surface area contributed by atoms with Crippen LogP contribution < -0.4 is 15.8 Å². The van der Waals surface area contributed by atoms with E-state index in [1.165, 1.54) is 19.3 Å². The van der Waals surface area contributed by atoms with E-state index in [2.05, 4.69) is 15.2 Å². The van der Waals surface area contributed by atoms with E-state index < -0.39 is 0 Å². The summed E-state index contributed by atoms with van der Waals surface area (Å²) >= 11 is 6.35. The van der Waals surface area contributed by atoms with E-state index >= 15 is 0 Å². The van der Waals surface area contributed by atoms with Crippen molar-refractivity contribution < 1.29 is 4.79 Å². The molecule has 2 fully saturated rings. The molecule has 1 atom stereocenters. The van der Waals surface area contributed by atoms with E-state index in [1.807, 2.05) is 42.5 Å². The number of H-pyrrole nitrogens is 1. The number of nitrogens with one attached hydrogen (secondary N) is 2. The van der Waals surface area contributed by atoms with Crippen LogP contribution in [0, 0.1) is 5.92 Å². The fourth-order valence-electron chi connectivity index (χ4n) is 5.41. The Morgan fingerprint density at radius 3 is 2.58 bits per heavy atom. The van der Waals surface area contributed by atoms with Gasteiger partial charge >= 0.3 is 0 Å². The molecule has 2 heterocycles. The number of rotatable bonds is 4. The zero-order chi connectivity index (χ0) is 22.8. The first-order valence-electron chi connectivity index (χ1n) is 12.1. The fraction of sp³-hybridized carbons (Fsp3) is 0.407. The number of nitrogens with zero attached hydrogens (tertiary/aromatic N) is 1. The molecule has 1 aromatic heterocycles. The third-order valence-electron chi connectivity index (χ3n) is 7.07. The van der Waals surface area contributed by atoms with Crippen LogP contribution in [0.2, 0.25) is 5.02 Å². The topological polar surface area (TPSA) is 65.2 Å². The van der Waals surface area contributed by atoms with E-state index in [-0.39, 0.29) is 17.4 Å². The minimum absolute atomic E-state index is 0.112. The second-order valence-corrected chi connectivity index (χ2v) is 9.80. The van der Waals surface area contributed by atoms with Crippen LogP contribution in [0.4, 0.5) is 5.69 Å². The number of pyridine rings is 1. The van der Waals surface area contributed by atoms with Crippen molar-refractivity contribution in [2.45, 2.75) is 51.0 Å². The van der Waals surface area contributed by atoms with Gasteiger partial charge in [0.15, 0.2) is 0 Å². The van der Waals surface area contributed by atoms with E-state index in [4.69, 9.17) is 11.6 Å². The molecule has 2 aromatic carbocycles. The van der Waals surface area contributed by atoms with Gasteiger partial charge in [-0.2, -0.15) is 0 Å². The molecule has 0 unspecified atom stereocenters. The van der Waals surface area contributed by atoms with E-state index in [0.717, 1.165) is 54.3 Å². The van der Waals surface area contributed by atoms with Crippen molar-refractivity contribution in [1.82, 2.24) is 10.3 Å². The second kappa shape index (κ2) is 9.60. The van der Waals surface area contributed by atoms with Crippen LogP contribution in [0.25, 0.3) is 22.0 Å². The number of hydrogen-bond acceptors (Lipinski definition) is 3. The number of aromatic amines is 1. The van der Waals surface area contributed by atoms with Crippen molar-refractivity contribution in [3.05, 3.63) is 63.9 Å². The lowest BCUT2D eigenvalue weighted by atomic mass is 9.92. The summed E-state index contributed by atoms with van der Waals surface area (Å²) in [5.74, 6) is 0.0203. The highest BCUT2D eigenvalue weighted by atomic mass is 35.5. The number of carbonyl (C=O) groups is 1. The minimum atomic E-state index is -0.128. The maximum atomic E-state index is 13.4. The predicted molar refractivity (Wildman–Crippen MR) is 135 cm³/mol. The van der Waals surface area contributed by atoms with Gasteiger partial charge in [0, 0.05) is 40.6 Å². The van der Waals surface area contributed by atoms with Gasteiger partial charge in [-0.05, 0) is 49.4 Å². The summed E-state index contributed by atoms with van der Waals surface area (Å²) in [5, 5.41) is 4.83. The molecule has 172 valence electrons. The zero-order valence-electron chi connectivity index (χ0n) is 18.8. The molecule has 1 aliphatic carbocycles. The third-order valence-corrected chi connectivity index (χ3v) is 7.31. The Balaban J connectivity index is 1.51. The molecule has 1 amide bonds. The lowest BCUT2D eigenvalue weighted by Gasteiger charge is -2.35. The minimum Gasteiger partial charge on any atom is -0.366 e. The summed E-state index contributed by atoms with van der Waals surface area (Å²) in [7, 11) is 0. The maximum Gasteiger partial charge on any atom is 0.272 e. The molecule has 0 spiro atoms. The number of hydrogen-bond donors (Lipinski definition) is 2. The molecule has 0 radical (unpaired) electrons. The Bertz CT molecular complexity index is 1200. The number of benzene rings is 2. The number of fused-ring (bicyclic) bond motifs is 1. The zero-order valence-corrected chi connectivity index (χ0v) is 19.5. The van der Waals surface area contributed by atoms with Crippen LogP contribution in [0.5, 0.6) is 0 Å². The standard InChI is InChI=1S/C27H30ClN3O2/c28-20-13-14-23-22(16-20)24(18-8-3-1-4-9-18)25(27(33)30-23)31-15-7-10-19(17-31)26(32)29-21-11-5-2-6-12-21/h1,3-4,8-9,13-14,16,19,21H,2,5-7,10-12,15,17H2,(H,29,32)(H,30,33)/t19-/m1/s1. The summed E-state index contributed by atoms with van der Waals surface area (Å²) in [4.78, 5) is 31.6. The van der Waals surface area contributed by atoms with E-state index in [0.29, 0.717) is 23.3 Å². The summed E-state index contributed by atoms with van der Waals surface area (Å²) in [6.45, 7) is 1.30. The summed E-state index contributed by atoms with van der Waals surface area (Å²) in [5.41, 5.74) is 3.11. The lowest BCUT2D eigenvalue weighted by molar-refractivity contribution is -0.126. The Morgan fingerprint density at radius 1 is 1.00 bits per heavy atom. The van der Waals surface area contributed by atoms with Crippen LogP contribution in [0.1, 0.15) is 44.9 Å². The smallest absolute Gasteiger partial charge is 0.272 e. The number of halogens is 1. The van der Waals surface area contributed by atoms with Gasteiger partial charge < -0.3 is 15.2 Å². The molecule has 6 heteroatoms. The second-order valence-electron chi connectivity index (χ2n) is 9.36. The highest BCUT2D eigenvalue weighted by Crippen LogP contribution is 2.37. The Kier molecular flexibility index (Phi) is 6.41. The van der Waals surface area contributed by atoms with Crippen molar-refractivity contribution in [2.75, 3.05) is 18.0 Å². The van der Waals surface area contributed by atoms with Crippen molar-refractivity contribution >= 4 is 34.1 Å². The summed E-state index contributed by atoms with van der Waals surface area (Å²) < 4.78 is 0. The molecule has 5 rings (SSSR count). The van der Waals surface area contributed by atoms with Crippen LogP contribution in [-0.2, 0) is 4.79 Å². The van der Waals surface area contributed by atoms with Crippen molar-refractivity contribution in [2.24, 2.45) is 5.92 Å². The van der Waals surface area contributed by atoms with Crippen LogP contribution in [0.3, 0.4) is 0 Å². The molecule has 2 aliphatic rings. The average Bonchev–Trinajstić information content (AvgIpc) is 2.85. The highest BCUT2D eigenvalue weighted by Gasteiger charge is 2.30. The van der Waals surface area contributed by atoms with E-state index in [1.54, 1.807) is 6.07 Å². The molecule has 0 bridgehead atoms. The fourth-order valence-corrected chi connectivity index (χ4v) is 5.59. The average molecular weight is 464 g/mol. The van der Waals surface area contributed by atoms with Crippen molar-refractivity contribution in [1.29, 1.82) is 0 Å². The molecule has 1 saturated carbocycles. The van der Waals surface area contributed by atoms with Crippen LogP contribution in [-0.4, -0.2) is 30.0 Å². The van der Waals surface area contributed by atoms with Gasteiger partial charge in [0.25, 0.3) is 5.56 Å². The molecule has 1 saturated heterocycles. The number of carbonyl (C=O) groups excluding carboxylic acids is 1. The quantitative estimate of drug-likeness (QED) is 0.535. The Morgan fingerprint density at radius 2 is 1.79 bits per heavy atom. The molecule has 2 N–H and O–H groups in total. The highest BCUT2D eigenvalue weighted by molar-refractivity contribution is 6.31. The van der Waals surface area contributed by atoms with Gasteiger partial charge in [-0.25, -0.2) is 0 Å². The number of amides is 1. The first-order valence-corrected chi connectivity index (χ1v) is 12.4. The van der Waals surface area contributed by atoms with Gasteiger partial charge in [-0.15, -0.1) is 0 Å². The third kappa shape index (κ3) is 4.65. The van der Waals surface area contributed by atoms with Crippen molar-refractivity contribution in [3.63, 3.8) is 0 Å². The summed E-state index contributed by atoms with van der Waals surface area (Å²) in [6, 6.07) is 15.8. The number of piperidine rings is 1. The van der Waals surface area contributed by atoms with Gasteiger partial charge in [0.2, 0.25) is 5.91 Å². The Labute approximate surface area is 199 Å². The van der Waals surface area contributed by atoms with Gasteiger partial charge in [-0.1, -0.05) is 61.2 Å². The first-order chi connectivity index (χ1) is 16.1. The summed E-state index contributed by atoms with van der Waals surface area (Å²) in [6.07, 6.45) is 7.53. The molecule has 3 aromatic rings. The largest absolute Gasteiger partial charge is 0.366 e. The van der Waals surface area contributed by atoms with Crippen LogP contribution in [0.15, 0.2) is 53.3 Å². The predicted octanol–water partition coefficient (Wildman–Crippen LogP) is 5.51. The van der Waals surface area contributed by atoms with Gasteiger partial charge in [-0.3, -0.25) is 9.59 Å². The SMILES string of the molecule is O=C(NC1CCCCC1)[C@@H]1CCCN(c2c(-c3ccccc3)c3cc(Cl)ccc3[nH]c2=O)C1. The monoisotopic (exact) mass is 463 g/mol. The molecular weight excluding hydrogens is 434 g/mol. The van der Waals surface area contributed by atoms with Crippen molar-refractivity contribution in [3.8, 4) is 11.1 Å². The van der Waals surface area contributed by atoms with E-state index in [9.17, 15) is 9.59 Å². The number of aromatic nitrogens is 1. The normalized spacial score (nSPS) is 19.5. The van der Waals surface area contributed by atoms with Crippen LogP contribution >= 0.6 is 11.6 Å². The first kappa shape index (κ1) is 22.0. The Hall–Kier alpha value is -2.79. The number of anilines is 1. The van der Waals surface area contributed by atoms with Gasteiger partial charge in [0.05, 0.1) is 5.92 Å². The van der Waals surface area contributed by atoms with Gasteiger partial charge in [0.1, 0.15) is 5.69 Å². The molecule has 1 aliphatic heterocycles. The molecular formula is C27H30ClN3O2. The molecule has 33 heavy (non-hydrogen) atoms. The lowest BCUT2D eigenvalue weighted by Crippen LogP contribution is -2.47. The molecule has 5 nitrogen and oxygen atoms in total.